The molecule has 0 aromatic heterocycles. The van der Waals surface area contributed by atoms with Gasteiger partial charge in [-0.15, -0.1) is 11.8 Å². The summed E-state index contributed by atoms with van der Waals surface area (Å²) >= 11 is 7.66. The van der Waals surface area contributed by atoms with Crippen molar-refractivity contribution in [2.75, 3.05) is 12.3 Å². The van der Waals surface area contributed by atoms with Gasteiger partial charge in [0.05, 0.1) is 6.04 Å². The molecular weight excluding hydrogens is 604 g/mol. The van der Waals surface area contributed by atoms with Crippen molar-refractivity contribution in [3.05, 3.63) is 65.2 Å². The van der Waals surface area contributed by atoms with Crippen molar-refractivity contribution >= 4 is 41.2 Å². The lowest BCUT2D eigenvalue weighted by Crippen LogP contribution is -2.46. The molecule has 2 aromatic rings. The van der Waals surface area contributed by atoms with Gasteiger partial charge in [-0.05, 0) is 62.1 Å². The van der Waals surface area contributed by atoms with Gasteiger partial charge in [-0.3, -0.25) is 4.79 Å². The lowest BCUT2D eigenvalue weighted by molar-refractivity contribution is -0.193. The summed E-state index contributed by atoms with van der Waals surface area (Å²) in [4.78, 5) is 31.3. The largest absolute Gasteiger partial charge is 0.490 e. The Morgan fingerprint density at radius 1 is 0.878 bits per heavy atom. The highest BCUT2D eigenvalue weighted by Crippen LogP contribution is 2.22. The Labute approximate surface area is 241 Å². The topological polar surface area (TPSA) is 156 Å². The molecule has 230 valence electrons. The first-order valence-corrected chi connectivity index (χ1v) is 13.1. The molecule has 2 atom stereocenters. The average molecular weight is 634 g/mol. The van der Waals surface area contributed by atoms with Crippen molar-refractivity contribution in [3.8, 4) is 0 Å². The van der Waals surface area contributed by atoms with Gasteiger partial charge in [0.2, 0.25) is 5.91 Å². The second-order valence-electron chi connectivity index (χ2n) is 8.14. The van der Waals surface area contributed by atoms with Gasteiger partial charge in [-0.1, -0.05) is 41.9 Å². The number of carbonyl (C=O) groups excluding carboxylic acids is 1. The van der Waals surface area contributed by atoms with E-state index < -0.39 is 30.3 Å². The zero-order chi connectivity index (χ0) is 31.6. The molecule has 1 amide bonds. The number of aryl methyl sites for hydroxylation is 1. The van der Waals surface area contributed by atoms with Gasteiger partial charge in [-0.2, -0.15) is 26.3 Å². The van der Waals surface area contributed by atoms with Crippen LogP contribution in [0.5, 0.6) is 0 Å². The Balaban J connectivity index is 0.000000941. The van der Waals surface area contributed by atoms with Gasteiger partial charge in [0, 0.05) is 21.7 Å². The first-order chi connectivity index (χ1) is 19.0. The number of aliphatic carboxylic acids is 2. The van der Waals surface area contributed by atoms with Crippen LogP contribution < -0.4 is 16.8 Å². The number of amides is 1. The Kier molecular flexibility index (Phi) is 17.8. The second-order valence-corrected chi connectivity index (χ2v) is 9.67. The Hall–Kier alpha value is -3.01. The number of carboxylic acid groups (broad SMARTS) is 2. The van der Waals surface area contributed by atoms with Crippen LogP contribution in [0.3, 0.4) is 0 Å². The standard InChI is InChI=1S/C21H28ClN3OS.2C2HF3O2/c22-17-9-12-19(13-10-17)27-15-18(11-8-16-5-2-1-3-6-16)25-21(26)20(24)7-4-14-23;2*3-2(4,5)1(6)7/h1-3,5-6,9-10,12-13,18,20H,4,7-8,11,14-15,23-24H2,(H,25,26);2*(H,6,7)/t18-,20-;;/m1../s1. The average Bonchev–Trinajstić information content (AvgIpc) is 2.89. The number of halogens is 7. The van der Waals surface area contributed by atoms with Gasteiger partial charge in [-0.25, -0.2) is 9.59 Å². The summed E-state index contributed by atoms with van der Waals surface area (Å²) in [6.07, 6.45) is -7.04. The molecule has 41 heavy (non-hydrogen) atoms. The predicted octanol–water partition coefficient (Wildman–Crippen LogP) is 4.88. The summed E-state index contributed by atoms with van der Waals surface area (Å²) in [6, 6.07) is 17.6. The summed E-state index contributed by atoms with van der Waals surface area (Å²) in [7, 11) is 0. The van der Waals surface area contributed by atoms with E-state index in [2.05, 4.69) is 17.4 Å². The summed E-state index contributed by atoms with van der Waals surface area (Å²) in [5.41, 5.74) is 12.8. The van der Waals surface area contributed by atoms with Crippen molar-refractivity contribution in [1.82, 2.24) is 5.32 Å². The van der Waals surface area contributed by atoms with E-state index in [4.69, 9.17) is 42.9 Å². The quantitative estimate of drug-likeness (QED) is 0.173. The normalized spacial score (nSPS) is 12.5. The maximum atomic E-state index is 12.4. The number of hydrogen-bond donors (Lipinski definition) is 5. The van der Waals surface area contributed by atoms with Crippen LogP contribution in [0.2, 0.25) is 5.02 Å². The maximum absolute atomic E-state index is 12.4. The molecule has 2 aromatic carbocycles. The van der Waals surface area contributed by atoms with E-state index in [1.165, 1.54) is 5.56 Å². The molecule has 0 bridgehead atoms. The number of carbonyl (C=O) groups is 3. The number of nitrogens with two attached hydrogens (primary N) is 2. The van der Waals surface area contributed by atoms with Crippen LogP contribution in [0, 0.1) is 0 Å². The summed E-state index contributed by atoms with van der Waals surface area (Å²) in [5, 5.41) is 18.1. The zero-order valence-electron chi connectivity index (χ0n) is 21.4. The minimum absolute atomic E-state index is 0.0438. The fraction of sp³-hybridized carbons (Fsp3) is 0.400. The van der Waals surface area contributed by atoms with E-state index in [9.17, 15) is 31.1 Å². The fourth-order valence-electron chi connectivity index (χ4n) is 2.69. The van der Waals surface area contributed by atoms with E-state index in [-0.39, 0.29) is 11.9 Å². The number of benzene rings is 2. The second kappa shape index (κ2) is 19.2. The molecular formula is C25H30ClF6N3O5S. The maximum Gasteiger partial charge on any atom is 0.490 e. The Bertz CT molecular complexity index is 1040. The van der Waals surface area contributed by atoms with Crippen LogP contribution in [-0.4, -0.2) is 64.8 Å². The van der Waals surface area contributed by atoms with Crippen LogP contribution in [0.4, 0.5) is 26.3 Å². The Morgan fingerprint density at radius 2 is 1.37 bits per heavy atom. The highest BCUT2D eigenvalue weighted by molar-refractivity contribution is 7.99. The molecule has 0 spiro atoms. The predicted molar refractivity (Wildman–Crippen MR) is 143 cm³/mol. The highest BCUT2D eigenvalue weighted by Gasteiger charge is 2.38. The summed E-state index contributed by atoms with van der Waals surface area (Å²) < 4.78 is 63.5. The minimum atomic E-state index is -5.08. The molecule has 8 nitrogen and oxygen atoms in total. The van der Waals surface area contributed by atoms with Crippen molar-refractivity contribution in [2.45, 2.75) is 55.0 Å². The minimum Gasteiger partial charge on any atom is -0.475 e. The van der Waals surface area contributed by atoms with Crippen LogP contribution >= 0.6 is 23.4 Å². The van der Waals surface area contributed by atoms with E-state index in [0.717, 1.165) is 34.9 Å². The van der Waals surface area contributed by atoms with Crippen LogP contribution in [0.15, 0.2) is 59.5 Å². The van der Waals surface area contributed by atoms with E-state index >= 15 is 0 Å². The molecule has 0 radical (unpaired) electrons. The first kappa shape index (κ1) is 38.0. The molecule has 2 rings (SSSR count). The zero-order valence-corrected chi connectivity index (χ0v) is 23.0. The molecule has 7 N–H and O–H groups in total. The third-order valence-corrected chi connectivity index (χ3v) is 6.20. The van der Waals surface area contributed by atoms with Gasteiger partial charge < -0.3 is 27.0 Å². The van der Waals surface area contributed by atoms with Gasteiger partial charge in [0.25, 0.3) is 0 Å². The lowest BCUT2D eigenvalue weighted by atomic mass is 10.1. The molecule has 0 aliphatic carbocycles. The highest BCUT2D eigenvalue weighted by atomic mass is 35.5. The number of alkyl halides is 6. The third kappa shape index (κ3) is 18.9. The number of hydrogen-bond acceptors (Lipinski definition) is 6. The first-order valence-electron chi connectivity index (χ1n) is 11.8. The lowest BCUT2D eigenvalue weighted by Gasteiger charge is -2.21. The SMILES string of the molecule is NCCC[C@@H](N)C(=O)N[C@H](CCc1ccccc1)CSc1ccc(Cl)cc1.O=C(O)C(F)(F)F.O=C(O)C(F)(F)F. The number of carboxylic acids is 2. The molecule has 0 heterocycles. The summed E-state index contributed by atoms with van der Waals surface area (Å²) in [6.45, 7) is 0.546. The molecule has 0 aliphatic heterocycles. The number of rotatable bonds is 11. The van der Waals surface area contributed by atoms with E-state index in [0.29, 0.717) is 13.0 Å². The molecule has 0 fully saturated rings. The van der Waals surface area contributed by atoms with E-state index in [1.54, 1.807) is 11.8 Å². The molecule has 0 saturated carbocycles. The van der Waals surface area contributed by atoms with Crippen molar-refractivity contribution in [2.24, 2.45) is 11.5 Å². The molecule has 0 unspecified atom stereocenters. The summed E-state index contributed by atoms with van der Waals surface area (Å²) in [5.74, 6) is -4.83. The van der Waals surface area contributed by atoms with Gasteiger partial charge in [0.15, 0.2) is 0 Å². The molecule has 0 saturated heterocycles. The smallest absolute Gasteiger partial charge is 0.475 e. The number of nitrogens with one attached hydrogen (secondary N) is 1. The Morgan fingerprint density at radius 3 is 1.80 bits per heavy atom. The van der Waals surface area contributed by atoms with Crippen LogP contribution in [-0.2, 0) is 20.8 Å². The molecule has 0 aliphatic rings. The van der Waals surface area contributed by atoms with Crippen molar-refractivity contribution in [1.29, 1.82) is 0 Å². The van der Waals surface area contributed by atoms with Crippen LogP contribution in [0.25, 0.3) is 0 Å². The monoisotopic (exact) mass is 633 g/mol. The van der Waals surface area contributed by atoms with Gasteiger partial charge >= 0.3 is 24.3 Å². The number of thioether (sulfide) groups is 1. The van der Waals surface area contributed by atoms with Gasteiger partial charge in [0.1, 0.15) is 0 Å². The van der Waals surface area contributed by atoms with Crippen LogP contribution in [0.1, 0.15) is 24.8 Å². The molecule has 16 heteroatoms. The third-order valence-electron chi connectivity index (χ3n) is 4.78. The fourth-order valence-corrected chi connectivity index (χ4v) is 3.79. The van der Waals surface area contributed by atoms with E-state index in [1.807, 2.05) is 42.5 Å². The van der Waals surface area contributed by atoms with Crippen molar-refractivity contribution < 1.29 is 50.9 Å². The van der Waals surface area contributed by atoms with Crippen molar-refractivity contribution in [3.63, 3.8) is 0 Å².